The van der Waals surface area contributed by atoms with Gasteiger partial charge < -0.3 is 4.90 Å². The summed E-state index contributed by atoms with van der Waals surface area (Å²) in [5.41, 5.74) is 3.17. The van der Waals surface area contributed by atoms with Crippen LogP contribution in [0.3, 0.4) is 0 Å². The fourth-order valence-corrected chi connectivity index (χ4v) is 4.40. The van der Waals surface area contributed by atoms with Gasteiger partial charge in [-0.2, -0.15) is 0 Å². The maximum atomic E-state index is 14.0. The average Bonchev–Trinajstić information content (AvgIpc) is 2.96. The van der Waals surface area contributed by atoms with E-state index in [1.165, 1.54) is 23.5 Å². The molecule has 0 unspecified atom stereocenters. The van der Waals surface area contributed by atoms with Crippen LogP contribution in [0.15, 0.2) is 29.1 Å². The standard InChI is InChI=1S/C18H19F2N3OS/c19-14-3-1-12(17(20)5-14)6-22-7-13-2-4-16(9-22)23(18(13)24)8-15-10-25-11-21-15/h1,3,5,10-11,13,16H,2,4,6-9H2/t13-,16+/m0/s1. The largest absolute Gasteiger partial charge is 0.332 e. The van der Waals surface area contributed by atoms with Gasteiger partial charge in [0.1, 0.15) is 11.6 Å². The quantitative estimate of drug-likeness (QED) is 0.838. The molecule has 3 aliphatic rings. The molecule has 2 bridgehead atoms. The van der Waals surface area contributed by atoms with Gasteiger partial charge in [-0.05, 0) is 18.9 Å². The molecule has 7 heteroatoms. The second-order valence-electron chi connectivity index (χ2n) is 6.80. The number of carbonyl (C=O) groups excluding carboxylic acids is 1. The summed E-state index contributed by atoms with van der Waals surface area (Å²) < 4.78 is 27.1. The van der Waals surface area contributed by atoms with E-state index in [1.807, 2.05) is 10.3 Å². The van der Waals surface area contributed by atoms with E-state index in [-0.39, 0.29) is 17.9 Å². The Bertz CT molecular complexity index is 768. The van der Waals surface area contributed by atoms with Gasteiger partial charge in [0, 0.05) is 42.7 Å². The number of rotatable bonds is 4. The molecule has 0 N–H and O–H groups in total. The molecule has 1 aromatic carbocycles. The van der Waals surface area contributed by atoms with E-state index in [9.17, 15) is 13.6 Å². The summed E-state index contributed by atoms with van der Waals surface area (Å²) in [6.45, 7) is 2.28. The van der Waals surface area contributed by atoms with E-state index in [0.29, 0.717) is 31.7 Å². The second-order valence-corrected chi connectivity index (χ2v) is 7.52. The van der Waals surface area contributed by atoms with Crippen LogP contribution in [0, 0.1) is 17.6 Å². The summed E-state index contributed by atoms with van der Waals surface area (Å²) in [6, 6.07) is 3.81. The lowest BCUT2D eigenvalue weighted by atomic mass is 9.94. The summed E-state index contributed by atoms with van der Waals surface area (Å²) in [7, 11) is 0. The number of thiazole rings is 1. The molecule has 3 saturated heterocycles. The first kappa shape index (κ1) is 16.6. The normalized spacial score (nSPS) is 23.9. The van der Waals surface area contributed by atoms with Crippen molar-refractivity contribution in [1.82, 2.24) is 14.8 Å². The van der Waals surface area contributed by atoms with Crippen molar-refractivity contribution >= 4 is 17.2 Å². The van der Waals surface area contributed by atoms with Crippen molar-refractivity contribution in [3.05, 3.63) is 52.0 Å². The number of benzene rings is 1. The number of carbonyl (C=O) groups is 1. The van der Waals surface area contributed by atoms with Gasteiger partial charge >= 0.3 is 0 Å². The Hall–Kier alpha value is -1.86. The van der Waals surface area contributed by atoms with Gasteiger partial charge in [-0.3, -0.25) is 9.69 Å². The Balaban J connectivity index is 1.51. The molecule has 0 radical (unpaired) electrons. The molecule has 25 heavy (non-hydrogen) atoms. The predicted molar refractivity (Wildman–Crippen MR) is 90.8 cm³/mol. The monoisotopic (exact) mass is 363 g/mol. The highest BCUT2D eigenvalue weighted by Gasteiger charge is 2.40. The van der Waals surface area contributed by atoms with Crippen LogP contribution < -0.4 is 0 Å². The second kappa shape index (κ2) is 6.80. The molecule has 0 spiro atoms. The molecule has 5 rings (SSSR count). The van der Waals surface area contributed by atoms with E-state index in [2.05, 4.69) is 9.88 Å². The van der Waals surface area contributed by atoms with Crippen LogP contribution in [0.4, 0.5) is 8.78 Å². The summed E-state index contributed by atoms with van der Waals surface area (Å²) in [6.07, 6.45) is 1.84. The van der Waals surface area contributed by atoms with E-state index >= 15 is 0 Å². The minimum Gasteiger partial charge on any atom is -0.332 e. The molecule has 4 heterocycles. The maximum absolute atomic E-state index is 14.0. The number of hydrogen-bond acceptors (Lipinski definition) is 4. The van der Waals surface area contributed by atoms with Crippen LogP contribution in [0.5, 0.6) is 0 Å². The number of amides is 1. The van der Waals surface area contributed by atoms with Crippen LogP contribution in [-0.4, -0.2) is 39.8 Å². The minimum absolute atomic E-state index is 0.0547. The van der Waals surface area contributed by atoms with Crippen molar-refractivity contribution in [2.45, 2.75) is 32.0 Å². The number of aromatic nitrogens is 1. The smallest absolute Gasteiger partial charge is 0.227 e. The summed E-state index contributed by atoms with van der Waals surface area (Å²) in [4.78, 5) is 21.1. The summed E-state index contributed by atoms with van der Waals surface area (Å²) in [5.74, 6) is -0.976. The zero-order valence-electron chi connectivity index (χ0n) is 13.7. The number of piperidine rings is 1. The Labute approximate surface area is 149 Å². The van der Waals surface area contributed by atoms with Gasteiger partial charge in [0.25, 0.3) is 0 Å². The Morgan fingerprint density at radius 3 is 2.84 bits per heavy atom. The molecular weight excluding hydrogens is 344 g/mol. The van der Waals surface area contributed by atoms with Crippen molar-refractivity contribution in [3.8, 4) is 0 Å². The minimum atomic E-state index is -0.568. The first-order chi connectivity index (χ1) is 12.1. The van der Waals surface area contributed by atoms with Crippen LogP contribution in [0.25, 0.3) is 0 Å². The molecule has 3 fully saturated rings. The number of nitrogens with zero attached hydrogens (tertiary/aromatic N) is 3. The number of hydrogen-bond donors (Lipinski definition) is 0. The average molecular weight is 363 g/mol. The summed E-state index contributed by atoms with van der Waals surface area (Å²) >= 11 is 1.53. The Kier molecular flexibility index (Phi) is 4.52. The highest BCUT2D eigenvalue weighted by atomic mass is 32.1. The molecule has 4 nitrogen and oxygen atoms in total. The molecule has 1 aromatic heterocycles. The Morgan fingerprint density at radius 2 is 2.08 bits per heavy atom. The zero-order chi connectivity index (χ0) is 17.4. The maximum Gasteiger partial charge on any atom is 0.227 e. The van der Waals surface area contributed by atoms with Crippen molar-refractivity contribution in [2.24, 2.45) is 5.92 Å². The van der Waals surface area contributed by atoms with E-state index < -0.39 is 11.6 Å². The first-order valence-electron chi connectivity index (χ1n) is 8.44. The lowest BCUT2D eigenvalue weighted by Gasteiger charge is -2.35. The molecule has 0 saturated carbocycles. The Morgan fingerprint density at radius 1 is 1.20 bits per heavy atom. The van der Waals surface area contributed by atoms with Crippen LogP contribution in [0.2, 0.25) is 0 Å². The number of halogens is 2. The molecular formula is C18H19F2N3OS. The van der Waals surface area contributed by atoms with E-state index in [4.69, 9.17) is 0 Å². The molecule has 3 aliphatic heterocycles. The highest BCUT2D eigenvalue weighted by Crippen LogP contribution is 2.31. The third-order valence-electron chi connectivity index (χ3n) is 5.09. The fraction of sp³-hybridized carbons (Fsp3) is 0.444. The summed E-state index contributed by atoms with van der Waals surface area (Å²) in [5, 5.41) is 1.97. The van der Waals surface area contributed by atoms with Crippen LogP contribution in [0.1, 0.15) is 24.1 Å². The predicted octanol–water partition coefficient (Wildman–Crippen LogP) is 3.04. The van der Waals surface area contributed by atoms with Gasteiger partial charge in [-0.25, -0.2) is 13.8 Å². The van der Waals surface area contributed by atoms with Gasteiger partial charge in [0.05, 0.1) is 23.7 Å². The third kappa shape index (κ3) is 3.43. The topological polar surface area (TPSA) is 36.4 Å². The van der Waals surface area contributed by atoms with Gasteiger partial charge in [-0.1, -0.05) is 6.07 Å². The van der Waals surface area contributed by atoms with Gasteiger partial charge in [0.15, 0.2) is 0 Å². The molecule has 1 amide bonds. The zero-order valence-corrected chi connectivity index (χ0v) is 14.5. The third-order valence-corrected chi connectivity index (χ3v) is 5.73. The lowest BCUT2D eigenvalue weighted by molar-refractivity contribution is -0.140. The first-order valence-corrected chi connectivity index (χ1v) is 9.38. The van der Waals surface area contributed by atoms with Crippen molar-refractivity contribution in [3.63, 3.8) is 0 Å². The van der Waals surface area contributed by atoms with Gasteiger partial charge in [-0.15, -0.1) is 11.3 Å². The van der Waals surface area contributed by atoms with E-state index in [0.717, 1.165) is 24.6 Å². The lowest BCUT2D eigenvalue weighted by Crippen LogP contribution is -2.47. The molecule has 132 valence electrons. The van der Waals surface area contributed by atoms with E-state index in [1.54, 1.807) is 5.51 Å². The fourth-order valence-electron chi connectivity index (χ4n) is 3.85. The van der Waals surface area contributed by atoms with Crippen LogP contribution >= 0.6 is 11.3 Å². The van der Waals surface area contributed by atoms with Crippen molar-refractivity contribution in [1.29, 1.82) is 0 Å². The molecule has 2 atom stereocenters. The van der Waals surface area contributed by atoms with Crippen molar-refractivity contribution < 1.29 is 13.6 Å². The number of fused-ring (bicyclic) bond motifs is 4. The SMILES string of the molecule is O=C1[C@H]2CC[C@H](CN(Cc3ccc(F)cc3F)C2)N1Cc1cscn1. The molecule has 0 aliphatic carbocycles. The molecule has 2 aromatic rings. The van der Waals surface area contributed by atoms with Gasteiger partial charge in [0.2, 0.25) is 5.91 Å². The van der Waals surface area contributed by atoms with Crippen LogP contribution in [-0.2, 0) is 17.9 Å². The van der Waals surface area contributed by atoms with Crippen molar-refractivity contribution in [2.75, 3.05) is 13.1 Å². The highest BCUT2D eigenvalue weighted by molar-refractivity contribution is 7.07.